The molecule has 2 aromatic carbocycles. The summed E-state index contributed by atoms with van der Waals surface area (Å²) < 4.78 is 0. The third-order valence-electron chi connectivity index (χ3n) is 6.17. The van der Waals surface area contributed by atoms with Crippen LogP contribution in [0.25, 0.3) is 0 Å². The molecule has 1 saturated heterocycles. The number of anilines is 2. The minimum absolute atomic E-state index is 0.317. The second-order valence-electron chi connectivity index (χ2n) is 8.17. The molecule has 0 bridgehead atoms. The van der Waals surface area contributed by atoms with Crippen molar-refractivity contribution < 1.29 is 9.90 Å². The zero-order chi connectivity index (χ0) is 19.3. The van der Waals surface area contributed by atoms with Crippen molar-refractivity contribution in [3.8, 4) is 0 Å². The van der Waals surface area contributed by atoms with E-state index >= 15 is 0 Å². The van der Waals surface area contributed by atoms with Gasteiger partial charge in [0, 0.05) is 30.9 Å². The molecule has 4 heteroatoms. The van der Waals surface area contributed by atoms with E-state index in [4.69, 9.17) is 5.11 Å². The van der Waals surface area contributed by atoms with Crippen LogP contribution in [0.4, 0.5) is 11.4 Å². The SMILES string of the molecule is O=C(O)C[C@H]1CCN(CCCCN2c3ccccc3CCc3ccccc32)C1. The summed E-state index contributed by atoms with van der Waals surface area (Å²) in [6.07, 6.45) is 5.84. The van der Waals surface area contributed by atoms with Crippen molar-refractivity contribution in [3.63, 3.8) is 0 Å². The van der Waals surface area contributed by atoms with Crippen LogP contribution in [0.5, 0.6) is 0 Å². The lowest BCUT2D eigenvalue weighted by Crippen LogP contribution is -2.24. The second kappa shape index (κ2) is 8.78. The number of carboxylic acids is 1. The Kier molecular flexibility index (Phi) is 5.96. The van der Waals surface area contributed by atoms with Crippen LogP contribution < -0.4 is 4.90 Å². The predicted molar refractivity (Wildman–Crippen MR) is 113 cm³/mol. The molecule has 4 rings (SSSR count). The van der Waals surface area contributed by atoms with Crippen LogP contribution in [-0.4, -0.2) is 42.2 Å². The molecule has 148 valence electrons. The highest BCUT2D eigenvalue weighted by Crippen LogP contribution is 2.36. The van der Waals surface area contributed by atoms with E-state index in [1.165, 1.54) is 22.5 Å². The maximum Gasteiger partial charge on any atom is 0.303 e. The van der Waals surface area contributed by atoms with Crippen LogP contribution >= 0.6 is 0 Å². The Morgan fingerprint density at radius 1 is 0.929 bits per heavy atom. The molecule has 2 aromatic rings. The number of likely N-dealkylation sites (tertiary alicyclic amines) is 1. The molecule has 0 radical (unpaired) electrons. The van der Waals surface area contributed by atoms with Gasteiger partial charge < -0.3 is 14.9 Å². The summed E-state index contributed by atoms with van der Waals surface area (Å²) in [5, 5.41) is 8.98. The standard InChI is InChI=1S/C24H30N2O2/c27-24(28)17-19-13-16-25(18-19)14-5-6-15-26-22-9-3-1-7-20(22)11-12-21-8-2-4-10-23(21)26/h1-4,7-10,19H,5-6,11-18H2,(H,27,28)/t19-/m1/s1. The van der Waals surface area contributed by atoms with Gasteiger partial charge >= 0.3 is 5.97 Å². The summed E-state index contributed by atoms with van der Waals surface area (Å²) in [5.41, 5.74) is 5.59. The molecule has 0 aliphatic carbocycles. The Bertz CT molecular complexity index is 772. The number of aliphatic carboxylic acids is 1. The molecule has 0 unspecified atom stereocenters. The van der Waals surface area contributed by atoms with Gasteiger partial charge in [-0.25, -0.2) is 0 Å². The van der Waals surface area contributed by atoms with Gasteiger partial charge in [0.1, 0.15) is 0 Å². The molecule has 2 heterocycles. The predicted octanol–water partition coefficient (Wildman–Crippen LogP) is 4.50. The maximum absolute atomic E-state index is 10.9. The molecular weight excluding hydrogens is 348 g/mol. The molecular formula is C24H30N2O2. The van der Waals surface area contributed by atoms with Crippen LogP contribution in [0, 0.1) is 5.92 Å². The van der Waals surface area contributed by atoms with Crippen molar-refractivity contribution in [1.29, 1.82) is 0 Å². The van der Waals surface area contributed by atoms with Crippen molar-refractivity contribution in [2.24, 2.45) is 5.92 Å². The van der Waals surface area contributed by atoms with Crippen molar-refractivity contribution in [2.75, 3.05) is 31.1 Å². The number of benzene rings is 2. The van der Waals surface area contributed by atoms with Gasteiger partial charge in [0.15, 0.2) is 0 Å². The zero-order valence-electron chi connectivity index (χ0n) is 16.5. The second-order valence-corrected chi connectivity index (χ2v) is 8.17. The fourth-order valence-corrected chi connectivity index (χ4v) is 4.75. The third-order valence-corrected chi connectivity index (χ3v) is 6.17. The topological polar surface area (TPSA) is 43.8 Å². The molecule has 0 spiro atoms. The van der Waals surface area contributed by atoms with Gasteiger partial charge in [-0.15, -0.1) is 0 Å². The first kappa shape index (κ1) is 19.0. The fraction of sp³-hybridized carbons (Fsp3) is 0.458. The lowest BCUT2D eigenvalue weighted by molar-refractivity contribution is -0.138. The number of fused-ring (bicyclic) bond motifs is 2. The lowest BCUT2D eigenvalue weighted by atomic mass is 10.0. The molecule has 4 nitrogen and oxygen atoms in total. The Morgan fingerprint density at radius 2 is 1.54 bits per heavy atom. The van der Waals surface area contributed by atoms with Crippen molar-refractivity contribution in [1.82, 2.24) is 4.90 Å². The number of carboxylic acid groups (broad SMARTS) is 1. The van der Waals surface area contributed by atoms with E-state index in [1.807, 2.05) is 0 Å². The average molecular weight is 379 g/mol. The number of unbranched alkanes of at least 4 members (excludes halogenated alkanes) is 1. The van der Waals surface area contributed by atoms with Crippen LogP contribution in [-0.2, 0) is 17.6 Å². The van der Waals surface area contributed by atoms with Gasteiger partial charge in [0.25, 0.3) is 0 Å². The number of rotatable bonds is 7. The van der Waals surface area contributed by atoms with E-state index in [-0.39, 0.29) is 0 Å². The molecule has 1 N–H and O–H groups in total. The van der Waals surface area contributed by atoms with Crippen molar-refractivity contribution >= 4 is 17.3 Å². The van der Waals surface area contributed by atoms with E-state index in [0.717, 1.165) is 58.3 Å². The van der Waals surface area contributed by atoms with Crippen LogP contribution in [0.2, 0.25) is 0 Å². The first-order chi connectivity index (χ1) is 13.7. The van der Waals surface area contributed by atoms with Crippen LogP contribution in [0.1, 0.15) is 36.8 Å². The summed E-state index contributed by atoms with van der Waals surface area (Å²) in [6, 6.07) is 17.6. The number of hydrogen-bond acceptors (Lipinski definition) is 3. The first-order valence-corrected chi connectivity index (χ1v) is 10.6. The fourth-order valence-electron chi connectivity index (χ4n) is 4.75. The molecule has 1 atom stereocenters. The Morgan fingerprint density at radius 3 is 2.18 bits per heavy atom. The van der Waals surface area contributed by atoms with Gasteiger partial charge in [-0.3, -0.25) is 4.79 Å². The molecule has 2 aliphatic heterocycles. The molecule has 0 amide bonds. The number of nitrogens with zero attached hydrogens (tertiary/aromatic N) is 2. The minimum Gasteiger partial charge on any atom is -0.481 e. The number of carbonyl (C=O) groups is 1. The molecule has 0 aromatic heterocycles. The summed E-state index contributed by atoms with van der Waals surface area (Å²) in [5.74, 6) is -0.327. The lowest BCUT2D eigenvalue weighted by Gasteiger charge is -2.27. The van der Waals surface area contributed by atoms with Gasteiger partial charge in [-0.05, 0) is 74.4 Å². The highest BCUT2D eigenvalue weighted by atomic mass is 16.4. The molecule has 1 fully saturated rings. The zero-order valence-corrected chi connectivity index (χ0v) is 16.5. The number of hydrogen-bond donors (Lipinski definition) is 1. The summed E-state index contributed by atoms with van der Waals surface area (Å²) in [6.45, 7) is 4.10. The smallest absolute Gasteiger partial charge is 0.303 e. The summed E-state index contributed by atoms with van der Waals surface area (Å²) in [7, 11) is 0. The monoisotopic (exact) mass is 378 g/mol. The molecule has 28 heavy (non-hydrogen) atoms. The summed E-state index contributed by atoms with van der Waals surface area (Å²) >= 11 is 0. The van der Waals surface area contributed by atoms with Crippen LogP contribution in [0.15, 0.2) is 48.5 Å². The average Bonchev–Trinajstić information content (AvgIpc) is 3.07. The third kappa shape index (κ3) is 4.39. The molecule has 0 saturated carbocycles. The highest BCUT2D eigenvalue weighted by Gasteiger charge is 2.24. The van der Waals surface area contributed by atoms with Gasteiger partial charge in [0.05, 0.1) is 0 Å². The molecule has 2 aliphatic rings. The van der Waals surface area contributed by atoms with E-state index < -0.39 is 5.97 Å². The van der Waals surface area contributed by atoms with Gasteiger partial charge in [-0.2, -0.15) is 0 Å². The number of para-hydroxylation sites is 2. The van der Waals surface area contributed by atoms with Gasteiger partial charge in [-0.1, -0.05) is 36.4 Å². The normalized spacial score (nSPS) is 19.1. The Balaban J connectivity index is 1.36. The maximum atomic E-state index is 10.9. The van der Waals surface area contributed by atoms with Crippen LogP contribution in [0.3, 0.4) is 0 Å². The van der Waals surface area contributed by atoms with Crippen molar-refractivity contribution in [3.05, 3.63) is 59.7 Å². The van der Waals surface area contributed by atoms with E-state index in [1.54, 1.807) is 0 Å². The van der Waals surface area contributed by atoms with Crippen molar-refractivity contribution in [2.45, 2.75) is 38.5 Å². The Labute approximate surface area is 167 Å². The van der Waals surface area contributed by atoms with Gasteiger partial charge in [0.2, 0.25) is 0 Å². The van der Waals surface area contributed by atoms with E-state index in [0.29, 0.717) is 12.3 Å². The minimum atomic E-state index is -0.662. The Hall–Kier alpha value is -2.33. The quantitative estimate of drug-likeness (QED) is 0.721. The first-order valence-electron chi connectivity index (χ1n) is 10.6. The van der Waals surface area contributed by atoms with E-state index in [2.05, 4.69) is 58.3 Å². The summed E-state index contributed by atoms with van der Waals surface area (Å²) in [4.78, 5) is 15.9. The number of aryl methyl sites for hydroxylation is 2. The largest absolute Gasteiger partial charge is 0.481 e. The highest BCUT2D eigenvalue weighted by molar-refractivity contribution is 5.71. The van der Waals surface area contributed by atoms with E-state index in [9.17, 15) is 4.79 Å².